The minimum atomic E-state index is 0.174. The lowest BCUT2D eigenvalue weighted by molar-refractivity contribution is 0.569. The number of rotatable bonds is 0. The summed E-state index contributed by atoms with van der Waals surface area (Å²) in [7, 11) is 2.59. The monoisotopic (exact) mass is 133 g/mol. The van der Waals surface area contributed by atoms with E-state index in [4.69, 9.17) is 11.5 Å². The Bertz CT molecular complexity index is 77.4. The molecule has 4 heteroatoms. The molecule has 0 radical (unpaired) electrons. The fourth-order valence-corrected chi connectivity index (χ4v) is 1.37. The zero-order valence-corrected chi connectivity index (χ0v) is 5.90. The molecule has 3 unspecified atom stereocenters. The van der Waals surface area contributed by atoms with Gasteiger partial charge in [-0.15, -0.1) is 0 Å². The van der Waals surface area contributed by atoms with Gasteiger partial charge >= 0.3 is 0 Å². The molecule has 1 heterocycles. The van der Waals surface area contributed by atoms with Crippen LogP contribution in [-0.4, -0.2) is 29.8 Å². The first-order valence-electron chi connectivity index (χ1n) is 2.71. The Kier molecular flexibility index (Phi) is 1.83. The van der Waals surface area contributed by atoms with E-state index in [2.05, 4.69) is 14.1 Å². The van der Waals surface area contributed by atoms with Gasteiger partial charge in [-0.2, -0.15) is 0 Å². The van der Waals surface area contributed by atoms with Gasteiger partial charge in [0.2, 0.25) is 0 Å². The van der Waals surface area contributed by atoms with Gasteiger partial charge in [0.05, 0.1) is 0 Å². The second-order valence-corrected chi connectivity index (χ2v) is 3.01. The molecule has 1 fully saturated rings. The molecule has 0 spiro atoms. The number of hydrogen-bond acceptors (Lipinski definition) is 3. The van der Waals surface area contributed by atoms with Crippen molar-refractivity contribution in [2.45, 2.75) is 12.1 Å². The van der Waals surface area contributed by atoms with Crippen molar-refractivity contribution in [3.8, 4) is 0 Å². The molecule has 1 rings (SSSR count). The Morgan fingerprint density at radius 1 is 1.25 bits per heavy atom. The van der Waals surface area contributed by atoms with E-state index in [9.17, 15) is 0 Å². The summed E-state index contributed by atoms with van der Waals surface area (Å²) >= 11 is 0. The average Bonchev–Trinajstić information content (AvgIpc) is 1.85. The van der Waals surface area contributed by atoms with Gasteiger partial charge in [-0.3, -0.25) is 4.67 Å². The van der Waals surface area contributed by atoms with E-state index in [1.165, 1.54) is 0 Å². The SMILES string of the molecule is NC1CN(P)CC1N. The summed E-state index contributed by atoms with van der Waals surface area (Å²) < 4.78 is 2.06. The fourth-order valence-electron chi connectivity index (χ4n) is 0.887. The van der Waals surface area contributed by atoms with Crippen molar-refractivity contribution in [3.63, 3.8) is 0 Å². The Morgan fingerprint density at radius 3 is 1.75 bits per heavy atom. The Hall–Kier alpha value is 0.310. The summed E-state index contributed by atoms with van der Waals surface area (Å²) in [4.78, 5) is 0. The fraction of sp³-hybridized carbons (Fsp3) is 1.00. The van der Waals surface area contributed by atoms with Crippen LogP contribution in [0, 0.1) is 0 Å². The van der Waals surface area contributed by atoms with Crippen molar-refractivity contribution >= 4 is 9.39 Å². The third kappa shape index (κ3) is 1.17. The van der Waals surface area contributed by atoms with E-state index in [1.54, 1.807) is 0 Å². The van der Waals surface area contributed by atoms with Crippen molar-refractivity contribution in [2.75, 3.05) is 13.1 Å². The van der Waals surface area contributed by atoms with Gasteiger partial charge in [-0.1, -0.05) is 9.39 Å². The zero-order chi connectivity index (χ0) is 6.15. The van der Waals surface area contributed by atoms with Crippen LogP contribution in [0.25, 0.3) is 0 Å². The van der Waals surface area contributed by atoms with Crippen molar-refractivity contribution in [2.24, 2.45) is 11.5 Å². The van der Waals surface area contributed by atoms with E-state index in [-0.39, 0.29) is 12.1 Å². The van der Waals surface area contributed by atoms with Crippen LogP contribution in [0.3, 0.4) is 0 Å². The molecule has 0 aromatic rings. The number of hydrogen-bond donors (Lipinski definition) is 2. The largest absolute Gasteiger partial charge is 0.325 e. The highest BCUT2D eigenvalue weighted by Gasteiger charge is 2.23. The third-order valence-corrected chi connectivity index (χ3v) is 1.86. The van der Waals surface area contributed by atoms with E-state index in [0.717, 1.165) is 13.1 Å². The van der Waals surface area contributed by atoms with Crippen LogP contribution in [0.5, 0.6) is 0 Å². The highest BCUT2D eigenvalue weighted by atomic mass is 31.0. The molecule has 3 atom stereocenters. The predicted molar refractivity (Wildman–Crippen MR) is 37.2 cm³/mol. The molecule has 1 aliphatic rings. The molecule has 0 amide bonds. The van der Waals surface area contributed by atoms with E-state index < -0.39 is 0 Å². The van der Waals surface area contributed by atoms with Crippen LogP contribution in [0.15, 0.2) is 0 Å². The average molecular weight is 133 g/mol. The maximum atomic E-state index is 5.59. The second kappa shape index (κ2) is 2.28. The lowest BCUT2D eigenvalue weighted by atomic mass is 10.2. The van der Waals surface area contributed by atoms with Crippen LogP contribution >= 0.6 is 9.39 Å². The zero-order valence-electron chi connectivity index (χ0n) is 4.75. The molecular formula is C4H12N3P. The van der Waals surface area contributed by atoms with E-state index in [1.807, 2.05) is 0 Å². The number of nitrogens with zero attached hydrogens (tertiary/aromatic N) is 1. The standard InChI is InChI=1S/C4H12N3P/c5-3-1-7(8)2-4(3)6/h3-4H,1-2,5-6,8H2. The van der Waals surface area contributed by atoms with Crippen molar-refractivity contribution < 1.29 is 0 Å². The van der Waals surface area contributed by atoms with Gasteiger partial charge in [-0.05, 0) is 0 Å². The first kappa shape index (κ1) is 6.43. The van der Waals surface area contributed by atoms with Crippen LogP contribution in [0.2, 0.25) is 0 Å². The van der Waals surface area contributed by atoms with E-state index >= 15 is 0 Å². The van der Waals surface area contributed by atoms with E-state index in [0.29, 0.717) is 0 Å². The molecule has 0 bridgehead atoms. The molecule has 0 aromatic carbocycles. The van der Waals surface area contributed by atoms with Crippen LogP contribution in [0.1, 0.15) is 0 Å². The maximum absolute atomic E-state index is 5.59. The molecule has 8 heavy (non-hydrogen) atoms. The van der Waals surface area contributed by atoms with Gasteiger partial charge in [0.1, 0.15) is 0 Å². The van der Waals surface area contributed by atoms with Gasteiger partial charge in [0, 0.05) is 25.2 Å². The van der Waals surface area contributed by atoms with Crippen molar-refractivity contribution in [1.29, 1.82) is 0 Å². The smallest absolute Gasteiger partial charge is 0.0337 e. The Balaban J connectivity index is 2.39. The lowest BCUT2D eigenvalue weighted by Crippen LogP contribution is -2.39. The highest BCUT2D eigenvalue weighted by molar-refractivity contribution is 7.13. The lowest BCUT2D eigenvalue weighted by Gasteiger charge is -2.04. The quantitative estimate of drug-likeness (QED) is 0.406. The van der Waals surface area contributed by atoms with Gasteiger partial charge in [-0.25, -0.2) is 0 Å². The molecule has 0 saturated carbocycles. The van der Waals surface area contributed by atoms with Gasteiger partial charge < -0.3 is 11.5 Å². The van der Waals surface area contributed by atoms with Crippen LogP contribution in [-0.2, 0) is 0 Å². The molecule has 48 valence electrons. The van der Waals surface area contributed by atoms with Crippen LogP contribution in [0.4, 0.5) is 0 Å². The first-order chi connectivity index (χ1) is 3.70. The third-order valence-electron chi connectivity index (χ3n) is 1.44. The van der Waals surface area contributed by atoms with Gasteiger partial charge in [0.15, 0.2) is 0 Å². The minimum Gasteiger partial charge on any atom is -0.325 e. The molecule has 0 aliphatic carbocycles. The molecule has 1 aliphatic heterocycles. The number of nitrogens with two attached hydrogens (primary N) is 2. The van der Waals surface area contributed by atoms with Crippen molar-refractivity contribution in [3.05, 3.63) is 0 Å². The molecule has 1 saturated heterocycles. The summed E-state index contributed by atoms with van der Waals surface area (Å²) in [6.45, 7) is 1.82. The van der Waals surface area contributed by atoms with Crippen LogP contribution < -0.4 is 11.5 Å². The summed E-state index contributed by atoms with van der Waals surface area (Å²) in [5, 5.41) is 0. The molecular weight excluding hydrogens is 121 g/mol. The molecule has 4 N–H and O–H groups in total. The highest BCUT2D eigenvalue weighted by Crippen LogP contribution is 2.09. The predicted octanol–water partition coefficient (Wildman–Crippen LogP) is -1.25. The molecule has 3 nitrogen and oxygen atoms in total. The first-order valence-corrected chi connectivity index (χ1v) is 3.22. The summed E-state index contributed by atoms with van der Waals surface area (Å²) in [5.41, 5.74) is 11.2. The molecule has 0 aromatic heterocycles. The second-order valence-electron chi connectivity index (χ2n) is 2.28. The summed E-state index contributed by atoms with van der Waals surface area (Å²) in [6.07, 6.45) is 0. The maximum Gasteiger partial charge on any atom is 0.0337 e. The van der Waals surface area contributed by atoms with Crippen molar-refractivity contribution in [1.82, 2.24) is 4.67 Å². The summed E-state index contributed by atoms with van der Waals surface area (Å²) in [5.74, 6) is 0. The normalized spacial score (nSPS) is 40.9. The Labute approximate surface area is 51.7 Å². The summed E-state index contributed by atoms with van der Waals surface area (Å²) in [6, 6.07) is 0.347. The topological polar surface area (TPSA) is 55.3 Å². The van der Waals surface area contributed by atoms with Gasteiger partial charge in [0.25, 0.3) is 0 Å². The minimum absolute atomic E-state index is 0.174. The Morgan fingerprint density at radius 2 is 1.62 bits per heavy atom.